The van der Waals surface area contributed by atoms with Crippen molar-refractivity contribution in [3.63, 3.8) is 0 Å². The normalized spacial score (nSPS) is 44.0. The first-order chi connectivity index (χ1) is 25.3. The molecule has 4 N–H and O–H groups in total. The van der Waals surface area contributed by atoms with Gasteiger partial charge >= 0.3 is 13.8 Å². The summed E-state index contributed by atoms with van der Waals surface area (Å²) in [5.41, 5.74) is -1.70. The van der Waals surface area contributed by atoms with Crippen LogP contribution in [0.1, 0.15) is 47.9 Å². The van der Waals surface area contributed by atoms with Crippen molar-refractivity contribution in [2.45, 2.75) is 55.9 Å². The predicted octanol–water partition coefficient (Wildman–Crippen LogP) is 1.10. The maximum Gasteiger partial charge on any atom is 0.525 e. The molecule has 2 aromatic rings. The van der Waals surface area contributed by atoms with Gasteiger partial charge in [-0.25, -0.2) is 4.57 Å². The van der Waals surface area contributed by atoms with Gasteiger partial charge in [-0.3, -0.25) is 14.6 Å². The molecule has 10 atom stereocenters. The van der Waals surface area contributed by atoms with Gasteiger partial charge in [0.1, 0.15) is 27.2 Å². The van der Waals surface area contributed by atoms with Crippen LogP contribution in [0.4, 0.5) is 0 Å². The number of phosphoric ester groups is 1. The molecule has 46 heavy (non-hydrogen) atoms. The number of fused-ring (bicyclic) bond motifs is 4. The number of hydrogen-bond donors (Lipinski definition) is 4. The Morgan fingerprint density at radius 3 is 2.41 bits per heavy atom. The lowest BCUT2D eigenvalue weighted by molar-refractivity contribution is -0.364. The molecular formula is C29H33O16P. The minimum Gasteiger partial charge on any atom is -0.493 e. The van der Waals surface area contributed by atoms with Crippen LogP contribution in [0, 0.1) is 11.8 Å². The van der Waals surface area contributed by atoms with E-state index in [1.807, 2.05) is 0 Å². The van der Waals surface area contributed by atoms with Crippen LogP contribution in [-0.4, -0.2) is 97.0 Å². The summed E-state index contributed by atoms with van der Waals surface area (Å²) in [7, 11) is -3.15. The molecule has 0 aromatic heterocycles. The second kappa shape index (κ2) is 11.8. The summed E-state index contributed by atoms with van der Waals surface area (Å²) in [5, 5.41) is 22.3. The Balaban J connectivity index is 1.49. The first-order valence-corrected chi connectivity index (χ1v) is 15.2. The van der Waals surface area contributed by atoms with Gasteiger partial charge < -0.3 is 57.4 Å². The average Bonchev–Trinajstić information content (AvgIpc) is 3.52. The van der Waals surface area contributed by atoms with E-state index in [4.69, 9.17) is 55.4 Å². The highest BCUT2D eigenvalue weighted by atomic mass is 31.2. The molecule has 17 heteroatoms. The zero-order valence-electron chi connectivity index (χ0n) is 33.0. The van der Waals surface area contributed by atoms with E-state index in [0.717, 1.165) is 32.4 Å². The van der Waals surface area contributed by atoms with Crippen molar-refractivity contribution in [1.82, 2.24) is 0 Å². The van der Waals surface area contributed by atoms with E-state index < -0.39 is 140 Å². The molecule has 0 radical (unpaired) electrons. The molecule has 2 aromatic carbocycles. The van der Waals surface area contributed by atoms with Gasteiger partial charge in [-0.15, -0.1) is 0 Å². The number of phosphoric acid groups is 1. The van der Waals surface area contributed by atoms with Crippen molar-refractivity contribution in [2.75, 3.05) is 34.1 Å². The van der Waals surface area contributed by atoms with Crippen molar-refractivity contribution in [3.05, 3.63) is 40.9 Å². The van der Waals surface area contributed by atoms with Crippen LogP contribution in [0.2, 0.25) is 0 Å². The fraction of sp³-hybridized carbons (Fsp3) is 0.552. The summed E-state index contributed by atoms with van der Waals surface area (Å²) in [6.07, 6.45) is -14.2. The number of carbonyl (C=O) groups is 1. The fourth-order valence-corrected chi connectivity index (χ4v) is 6.23. The van der Waals surface area contributed by atoms with Crippen molar-refractivity contribution in [3.8, 4) is 28.7 Å². The number of benzene rings is 2. The molecule has 4 aliphatic heterocycles. The first-order valence-electron chi connectivity index (χ1n) is 18.1. The fourth-order valence-electron chi connectivity index (χ4n) is 5.81. The molecule has 5 aliphatic rings. The monoisotopic (exact) mass is 677 g/mol. The molecule has 0 unspecified atom stereocenters. The summed E-state index contributed by atoms with van der Waals surface area (Å²) in [4.78, 5) is 33.1. The highest BCUT2D eigenvalue weighted by Gasteiger charge is 2.56. The number of methoxy groups -OCH3 is 2. The van der Waals surface area contributed by atoms with E-state index in [2.05, 4.69) is 0 Å². The van der Waals surface area contributed by atoms with E-state index in [1.165, 1.54) is 6.92 Å². The van der Waals surface area contributed by atoms with Crippen molar-refractivity contribution >= 4 is 13.8 Å². The lowest BCUT2D eigenvalue weighted by Gasteiger charge is -2.47. The van der Waals surface area contributed by atoms with Gasteiger partial charge in [0, 0.05) is 13.2 Å². The summed E-state index contributed by atoms with van der Waals surface area (Å²) in [6, 6.07) is 2.00. The third kappa shape index (κ3) is 5.37. The highest BCUT2D eigenvalue weighted by molar-refractivity contribution is 7.46. The lowest BCUT2D eigenvalue weighted by Crippen LogP contribution is -2.63. The Kier molecular flexibility index (Phi) is 5.75. The summed E-state index contributed by atoms with van der Waals surface area (Å²) in [5.74, 6) is -11.4. The molecule has 16 nitrogen and oxygen atoms in total. The van der Waals surface area contributed by atoms with Gasteiger partial charge in [0.15, 0.2) is 35.6 Å². The molecule has 7 rings (SSSR count). The SMILES string of the molecule is [2H]c1c2c(cc3c1[C@@]([2H])(O[C@@H]1O[C@H]4[C@@H](O[C@H](C)OC4([2H])[2H])[C@H](O)[C@H]1O)[C@@H]1[C@H](C(=O)OC1([2H])[2H])[C@]3([2H])c1cc(OC)c(OP(=O)(O)O)c(OC)c1)OC([2H])([2H])O2. The molecule has 4 heterocycles. The van der Waals surface area contributed by atoms with Gasteiger partial charge in [-0.05, 0) is 47.9 Å². The van der Waals surface area contributed by atoms with Crippen molar-refractivity contribution < 1.29 is 88.9 Å². The van der Waals surface area contributed by atoms with Gasteiger partial charge in [0.2, 0.25) is 12.5 Å². The number of aliphatic hydroxyl groups is 2. The molecular weight excluding hydrogens is 635 g/mol. The predicted molar refractivity (Wildman–Crippen MR) is 149 cm³/mol. The topological polar surface area (TPSA) is 207 Å². The number of ether oxygens (including phenoxy) is 9. The van der Waals surface area contributed by atoms with E-state index in [-0.39, 0.29) is 5.56 Å². The highest BCUT2D eigenvalue weighted by Crippen LogP contribution is 2.57. The summed E-state index contributed by atoms with van der Waals surface area (Å²) in [6.45, 7) is -7.53. The third-order valence-corrected chi connectivity index (χ3v) is 8.20. The summed E-state index contributed by atoms with van der Waals surface area (Å²) < 4.78 is 145. The van der Waals surface area contributed by atoms with Crippen molar-refractivity contribution in [2.24, 2.45) is 11.8 Å². The van der Waals surface area contributed by atoms with Crippen LogP contribution in [0.25, 0.3) is 0 Å². The average molecular weight is 678 g/mol. The molecule has 3 fully saturated rings. The van der Waals surface area contributed by atoms with Crippen LogP contribution in [0.15, 0.2) is 24.2 Å². The van der Waals surface area contributed by atoms with E-state index >= 15 is 0 Å². The van der Waals surface area contributed by atoms with Crippen LogP contribution in [-0.2, 0) is 33.0 Å². The number of carbonyl (C=O) groups excluding carboxylic acids is 1. The van der Waals surface area contributed by atoms with Gasteiger partial charge in [-0.1, -0.05) is 0 Å². The van der Waals surface area contributed by atoms with Gasteiger partial charge in [0.05, 0.1) is 47.6 Å². The number of aliphatic hydroxyl groups excluding tert-OH is 2. The van der Waals surface area contributed by atoms with Crippen LogP contribution in [0.5, 0.6) is 28.7 Å². The van der Waals surface area contributed by atoms with E-state index in [1.54, 1.807) is 0 Å². The number of hydrogen-bond acceptors (Lipinski definition) is 14. The van der Waals surface area contributed by atoms with Gasteiger partial charge in [0.25, 0.3) is 0 Å². The number of esters is 1. The first kappa shape index (κ1) is 22.4. The quantitative estimate of drug-likeness (QED) is 0.239. The van der Waals surface area contributed by atoms with E-state index in [0.29, 0.717) is 0 Å². The number of cyclic esters (lactones) is 1. The Labute approximate surface area is 274 Å². The molecule has 3 saturated heterocycles. The Morgan fingerprint density at radius 1 is 1.00 bits per heavy atom. The molecule has 0 spiro atoms. The largest absolute Gasteiger partial charge is 0.525 e. The maximum absolute atomic E-state index is 13.9. The minimum atomic E-state index is -5.28. The maximum atomic E-state index is 13.9. The minimum absolute atomic E-state index is 0.362. The molecule has 250 valence electrons. The molecule has 1 aliphatic carbocycles. The van der Waals surface area contributed by atoms with Crippen LogP contribution < -0.4 is 23.5 Å². The molecule has 0 amide bonds. The zero-order valence-corrected chi connectivity index (χ0v) is 24.9. The second-order valence-electron chi connectivity index (χ2n) is 10.5. The Morgan fingerprint density at radius 2 is 1.72 bits per heavy atom. The molecule has 0 bridgehead atoms. The number of rotatable bonds is 7. The lowest BCUT2D eigenvalue weighted by atomic mass is 9.66. The van der Waals surface area contributed by atoms with Crippen LogP contribution in [0.3, 0.4) is 0 Å². The Hall–Kier alpha value is -3.18. The Bertz CT molecular complexity index is 1960. The smallest absolute Gasteiger partial charge is 0.493 e. The zero-order chi connectivity index (χ0) is 40.6. The van der Waals surface area contributed by atoms with Crippen molar-refractivity contribution in [1.29, 1.82) is 0 Å². The van der Waals surface area contributed by atoms with E-state index in [9.17, 15) is 33.5 Å². The van der Waals surface area contributed by atoms with Gasteiger partial charge in [-0.2, -0.15) is 0 Å². The molecule has 0 saturated carbocycles. The standard InChI is InChI=1S/C29H33O16P/c1-11-38-9-20-27(42-11)23(30)24(31)29(43-20)44-25-14-7-17-16(40-10-41-17)6-13(14)21(22-15(25)8-39-28(22)32)12-4-18(36-2)26(19(5-12)37-3)45-46(33,34)35/h4-7,11,15,20-25,27,29-31H,8-10H2,1-3H3,(H2,33,34,35)/t11-,15+,20-,21-,22+,23-,24-,25-,27-,29+/m1/s1/i7D,8D2,9D2,10D2,21D,25D. The van der Waals surface area contributed by atoms with Crippen LogP contribution >= 0.6 is 7.82 Å². The second-order valence-corrected chi connectivity index (χ2v) is 11.7. The third-order valence-electron chi connectivity index (χ3n) is 7.77. The summed E-state index contributed by atoms with van der Waals surface area (Å²) >= 11 is 0.